The average Bonchev–Trinajstić information content (AvgIpc) is 3.08. The lowest BCUT2D eigenvalue weighted by Gasteiger charge is -2.32. The molecule has 1 aromatic rings. The molecule has 4 nitrogen and oxygen atoms in total. The fourth-order valence-electron chi connectivity index (χ4n) is 3.44. The van der Waals surface area contributed by atoms with Gasteiger partial charge in [0.15, 0.2) is 5.82 Å². The van der Waals surface area contributed by atoms with E-state index in [2.05, 4.69) is 54.6 Å². The first kappa shape index (κ1) is 21.0. The van der Waals surface area contributed by atoms with Crippen molar-refractivity contribution in [2.24, 2.45) is 0 Å². The minimum Gasteiger partial charge on any atom is -0.313 e. The monoisotopic (exact) mass is 336 g/mol. The lowest BCUT2D eigenvalue weighted by Crippen LogP contribution is -2.36. The zero-order valence-electron chi connectivity index (χ0n) is 16.9. The second-order valence-corrected chi connectivity index (χ2v) is 7.51. The van der Waals surface area contributed by atoms with Crippen molar-refractivity contribution in [3.8, 4) is 0 Å². The number of hydrogen-bond acceptors (Lipinski definition) is 3. The summed E-state index contributed by atoms with van der Waals surface area (Å²) in [5.74, 6) is 1.15. The Bertz CT molecular complexity index is 429. The van der Waals surface area contributed by atoms with Gasteiger partial charge in [-0.05, 0) is 19.8 Å². The van der Waals surface area contributed by atoms with Gasteiger partial charge in [-0.2, -0.15) is 0 Å². The highest BCUT2D eigenvalue weighted by Gasteiger charge is 2.31. The molecule has 0 amide bonds. The molecule has 1 heterocycles. The maximum absolute atomic E-state index is 4.54. The van der Waals surface area contributed by atoms with Gasteiger partial charge in [0, 0.05) is 19.0 Å². The van der Waals surface area contributed by atoms with Crippen LogP contribution in [0.1, 0.15) is 104 Å². The number of nitrogens with zero attached hydrogens (tertiary/aromatic N) is 4. The third kappa shape index (κ3) is 6.45. The summed E-state index contributed by atoms with van der Waals surface area (Å²) in [7, 11) is 2.12. The predicted molar refractivity (Wildman–Crippen MR) is 104 cm³/mol. The van der Waals surface area contributed by atoms with Gasteiger partial charge in [-0.25, -0.2) is 4.68 Å². The highest BCUT2D eigenvalue weighted by atomic mass is 15.6. The standard InChI is InChI=1S/C20H40N4/c1-6-9-11-13-15-17-20(4,16-14-12-10-7-2)19-22-21-18-24(19)23(5)8-3/h18H,6-17H2,1-5H3. The van der Waals surface area contributed by atoms with Gasteiger partial charge < -0.3 is 5.01 Å². The maximum atomic E-state index is 4.54. The molecule has 0 aliphatic heterocycles. The van der Waals surface area contributed by atoms with E-state index in [0.29, 0.717) is 0 Å². The Morgan fingerprint density at radius 1 is 0.917 bits per heavy atom. The highest BCUT2D eigenvalue weighted by Crippen LogP contribution is 2.34. The fraction of sp³-hybridized carbons (Fsp3) is 0.900. The largest absolute Gasteiger partial charge is 0.313 e. The molecule has 4 heteroatoms. The zero-order valence-corrected chi connectivity index (χ0v) is 16.9. The summed E-state index contributed by atoms with van der Waals surface area (Å²) < 4.78 is 2.17. The molecule has 1 unspecified atom stereocenters. The van der Waals surface area contributed by atoms with Crippen molar-refractivity contribution in [1.29, 1.82) is 0 Å². The Morgan fingerprint density at radius 3 is 2.00 bits per heavy atom. The van der Waals surface area contributed by atoms with Gasteiger partial charge >= 0.3 is 0 Å². The van der Waals surface area contributed by atoms with Gasteiger partial charge in [0.25, 0.3) is 0 Å². The van der Waals surface area contributed by atoms with Crippen molar-refractivity contribution in [3.05, 3.63) is 12.2 Å². The average molecular weight is 337 g/mol. The Morgan fingerprint density at radius 2 is 1.46 bits per heavy atom. The Kier molecular flexibility index (Phi) is 10.0. The molecule has 0 N–H and O–H groups in total. The molecule has 1 aromatic heterocycles. The predicted octanol–water partition coefficient (Wildman–Crippen LogP) is 5.45. The van der Waals surface area contributed by atoms with Crippen molar-refractivity contribution in [1.82, 2.24) is 14.9 Å². The summed E-state index contributed by atoms with van der Waals surface area (Å²) in [5, 5.41) is 11.0. The molecule has 0 fully saturated rings. The molecule has 24 heavy (non-hydrogen) atoms. The normalized spacial score (nSPS) is 13.9. The number of unbranched alkanes of at least 4 members (excludes halogenated alkanes) is 7. The van der Waals surface area contributed by atoms with Gasteiger partial charge in [0.1, 0.15) is 6.33 Å². The summed E-state index contributed by atoms with van der Waals surface area (Å²) in [6.07, 6.45) is 16.3. The Hall–Kier alpha value is -1.06. The number of hydrogen-bond donors (Lipinski definition) is 0. The van der Waals surface area contributed by atoms with E-state index in [1.807, 2.05) is 6.33 Å². The minimum absolute atomic E-state index is 0.139. The second-order valence-electron chi connectivity index (χ2n) is 7.51. The molecule has 0 aromatic carbocycles. The molecule has 0 radical (unpaired) electrons. The van der Waals surface area contributed by atoms with E-state index >= 15 is 0 Å². The molecule has 140 valence electrons. The first-order chi connectivity index (χ1) is 11.6. The molecule has 1 rings (SSSR count). The lowest BCUT2D eigenvalue weighted by molar-refractivity contribution is 0.331. The van der Waals surface area contributed by atoms with Crippen molar-refractivity contribution in [2.75, 3.05) is 18.6 Å². The molecule has 0 saturated heterocycles. The molecule has 1 atom stereocenters. The van der Waals surface area contributed by atoms with Crippen LogP contribution in [0.15, 0.2) is 6.33 Å². The van der Waals surface area contributed by atoms with E-state index in [4.69, 9.17) is 0 Å². The lowest BCUT2D eigenvalue weighted by atomic mass is 9.79. The van der Waals surface area contributed by atoms with Crippen molar-refractivity contribution in [3.63, 3.8) is 0 Å². The van der Waals surface area contributed by atoms with Crippen LogP contribution in [0.2, 0.25) is 0 Å². The third-order valence-corrected chi connectivity index (χ3v) is 5.31. The summed E-state index contributed by atoms with van der Waals surface area (Å²) in [5.41, 5.74) is 0.139. The van der Waals surface area contributed by atoms with Crippen LogP contribution < -0.4 is 5.01 Å². The van der Waals surface area contributed by atoms with Crippen LogP contribution in [0, 0.1) is 0 Å². The number of aromatic nitrogens is 3. The highest BCUT2D eigenvalue weighted by molar-refractivity contribution is 5.08. The molecule has 0 saturated carbocycles. The second kappa shape index (κ2) is 11.5. The first-order valence-corrected chi connectivity index (χ1v) is 10.2. The molecule has 0 aliphatic carbocycles. The van der Waals surface area contributed by atoms with E-state index < -0.39 is 0 Å². The summed E-state index contributed by atoms with van der Waals surface area (Å²) >= 11 is 0. The van der Waals surface area contributed by atoms with Gasteiger partial charge in [0.2, 0.25) is 0 Å². The zero-order chi connectivity index (χ0) is 17.8. The van der Waals surface area contributed by atoms with E-state index in [0.717, 1.165) is 12.4 Å². The van der Waals surface area contributed by atoms with Crippen LogP contribution in [-0.2, 0) is 5.41 Å². The van der Waals surface area contributed by atoms with Gasteiger partial charge in [-0.15, -0.1) is 10.2 Å². The van der Waals surface area contributed by atoms with E-state index in [-0.39, 0.29) is 5.41 Å². The molecular formula is C20H40N4. The van der Waals surface area contributed by atoms with E-state index in [1.165, 1.54) is 70.6 Å². The van der Waals surface area contributed by atoms with Crippen molar-refractivity contribution >= 4 is 0 Å². The summed E-state index contributed by atoms with van der Waals surface area (Å²) in [4.78, 5) is 0. The van der Waals surface area contributed by atoms with Crippen LogP contribution >= 0.6 is 0 Å². The SMILES string of the molecule is CCCCCCCC(C)(CCCCCC)c1nncn1N(C)CC. The van der Waals surface area contributed by atoms with Crippen LogP contribution in [0.4, 0.5) is 0 Å². The van der Waals surface area contributed by atoms with Crippen LogP contribution in [0.25, 0.3) is 0 Å². The molecule has 0 bridgehead atoms. The van der Waals surface area contributed by atoms with Crippen LogP contribution in [-0.4, -0.2) is 28.5 Å². The minimum atomic E-state index is 0.139. The fourth-order valence-corrected chi connectivity index (χ4v) is 3.44. The third-order valence-electron chi connectivity index (χ3n) is 5.31. The quantitative estimate of drug-likeness (QED) is 0.423. The maximum Gasteiger partial charge on any atom is 0.157 e. The molecular weight excluding hydrogens is 296 g/mol. The Balaban J connectivity index is 2.77. The molecule has 0 spiro atoms. The van der Waals surface area contributed by atoms with Crippen molar-refractivity contribution < 1.29 is 0 Å². The number of rotatable bonds is 14. The topological polar surface area (TPSA) is 34.0 Å². The van der Waals surface area contributed by atoms with Gasteiger partial charge in [-0.3, -0.25) is 0 Å². The smallest absolute Gasteiger partial charge is 0.157 e. The van der Waals surface area contributed by atoms with Crippen molar-refractivity contribution in [2.45, 2.75) is 104 Å². The first-order valence-electron chi connectivity index (χ1n) is 10.2. The van der Waals surface area contributed by atoms with Crippen LogP contribution in [0.3, 0.4) is 0 Å². The van der Waals surface area contributed by atoms with Crippen LogP contribution in [0.5, 0.6) is 0 Å². The summed E-state index contributed by atoms with van der Waals surface area (Å²) in [6, 6.07) is 0. The molecule has 0 aliphatic rings. The van der Waals surface area contributed by atoms with E-state index in [1.54, 1.807) is 0 Å². The van der Waals surface area contributed by atoms with Gasteiger partial charge in [-0.1, -0.05) is 78.6 Å². The van der Waals surface area contributed by atoms with Gasteiger partial charge in [0.05, 0.1) is 0 Å². The van der Waals surface area contributed by atoms with E-state index in [9.17, 15) is 0 Å². The Labute approximate surface area is 150 Å². The summed E-state index contributed by atoms with van der Waals surface area (Å²) in [6.45, 7) is 10.1.